The molecule has 0 atom stereocenters. The molecule has 0 heterocycles. The molecule has 0 aliphatic heterocycles. The summed E-state index contributed by atoms with van der Waals surface area (Å²) in [5, 5.41) is 0. The van der Waals surface area contributed by atoms with Crippen LogP contribution in [0.3, 0.4) is 0 Å². The Labute approximate surface area is 159 Å². The summed E-state index contributed by atoms with van der Waals surface area (Å²) in [5.74, 6) is -0.821. The van der Waals surface area contributed by atoms with Crippen LogP contribution in [0.25, 0.3) is 0 Å². The summed E-state index contributed by atoms with van der Waals surface area (Å²) in [6.45, 7) is 1.21. The predicted molar refractivity (Wildman–Crippen MR) is 99.5 cm³/mol. The molecule has 0 saturated carbocycles. The topological polar surface area (TPSA) is 71.1 Å². The molecule has 0 saturated heterocycles. The summed E-state index contributed by atoms with van der Waals surface area (Å²) >= 11 is 0. The molecule has 2 rings (SSSR count). The molecular formula is C21H24O6. The Morgan fingerprint density at radius 1 is 0.741 bits per heavy atom. The van der Waals surface area contributed by atoms with Crippen LogP contribution in [0.5, 0.6) is 0 Å². The summed E-state index contributed by atoms with van der Waals surface area (Å²) in [6, 6.07) is 14.2. The SMILES string of the molecule is COCc1cccc(C(=O)OCCCOC(=O)c2cccc(COC)c2)c1. The van der Waals surface area contributed by atoms with Crippen LogP contribution in [0.4, 0.5) is 0 Å². The zero-order valence-electron chi connectivity index (χ0n) is 15.6. The smallest absolute Gasteiger partial charge is 0.338 e. The van der Waals surface area contributed by atoms with Gasteiger partial charge in [0.1, 0.15) is 0 Å². The van der Waals surface area contributed by atoms with Gasteiger partial charge in [-0.05, 0) is 35.4 Å². The van der Waals surface area contributed by atoms with E-state index in [4.69, 9.17) is 18.9 Å². The Hall–Kier alpha value is -2.70. The summed E-state index contributed by atoms with van der Waals surface area (Å²) in [6.07, 6.45) is 0.424. The van der Waals surface area contributed by atoms with E-state index in [1.807, 2.05) is 12.1 Å². The average Bonchev–Trinajstić information content (AvgIpc) is 2.68. The zero-order valence-corrected chi connectivity index (χ0v) is 15.6. The van der Waals surface area contributed by atoms with Crippen molar-refractivity contribution in [1.82, 2.24) is 0 Å². The Morgan fingerprint density at radius 2 is 1.19 bits per heavy atom. The van der Waals surface area contributed by atoms with Gasteiger partial charge in [-0.1, -0.05) is 24.3 Å². The lowest BCUT2D eigenvalue weighted by Gasteiger charge is -2.08. The summed E-state index contributed by atoms with van der Waals surface area (Å²) in [7, 11) is 3.19. The number of hydrogen-bond acceptors (Lipinski definition) is 6. The Bertz CT molecular complexity index is 692. The first-order chi connectivity index (χ1) is 13.1. The van der Waals surface area contributed by atoms with Crippen LogP contribution in [0.2, 0.25) is 0 Å². The van der Waals surface area contributed by atoms with E-state index in [1.165, 1.54) is 0 Å². The summed E-state index contributed by atoms with van der Waals surface area (Å²) in [4.78, 5) is 24.1. The zero-order chi connectivity index (χ0) is 19.5. The Balaban J connectivity index is 1.72. The van der Waals surface area contributed by atoms with Gasteiger partial charge in [0, 0.05) is 20.6 Å². The van der Waals surface area contributed by atoms with E-state index in [-0.39, 0.29) is 13.2 Å². The van der Waals surface area contributed by atoms with Gasteiger partial charge >= 0.3 is 11.9 Å². The van der Waals surface area contributed by atoms with Crippen molar-refractivity contribution in [2.75, 3.05) is 27.4 Å². The number of ether oxygens (including phenoxy) is 4. The number of methoxy groups -OCH3 is 2. The number of benzene rings is 2. The van der Waals surface area contributed by atoms with E-state index in [0.717, 1.165) is 11.1 Å². The monoisotopic (exact) mass is 372 g/mol. The first-order valence-corrected chi connectivity index (χ1v) is 8.64. The summed E-state index contributed by atoms with van der Waals surface area (Å²) < 4.78 is 20.5. The molecule has 2 aromatic rings. The third kappa shape index (κ3) is 6.84. The lowest BCUT2D eigenvalue weighted by Crippen LogP contribution is -2.11. The van der Waals surface area contributed by atoms with Crippen molar-refractivity contribution in [3.63, 3.8) is 0 Å². The molecule has 0 bridgehead atoms. The molecule has 144 valence electrons. The maximum absolute atomic E-state index is 12.0. The lowest BCUT2D eigenvalue weighted by atomic mass is 10.1. The number of carbonyl (C=O) groups is 2. The molecular weight excluding hydrogens is 348 g/mol. The number of rotatable bonds is 10. The van der Waals surface area contributed by atoms with E-state index in [9.17, 15) is 9.59 Å². The highest BCUT2D eigenvalue weighted by Gasteiger charge is 2.10. The van der Waals surface area contributed by atoms with Crippen LogP contribution in [0.1, 0.15) is 38.3 Å². The first-order valence-electron chi connectivity index (χ1n) is 8.64. The molecule has 0 amide bonds. The maximum atomic E-state index is 12.0. The van der Waals surface area contributed by atoms with E-state index < -0.39 is 11.9 Å². The first kappa shape index (κ1) is 20.6. The fourth-order valence-electron chi connectivity index (χ4n) is 2.46. The van der Waals surface area contributed by atoms with Gasteiger partial charge < -0.3 is 18.9 Å². The van der Waals surface area contributed by atoms with E-state index in [1.54, 1.807) is 50.6 Å². The number of hydrogen-bond donors (Lipinski definition) is 0. The molecule has 0 N–H and O–H groups in total. The lowest BCUT2D eigenvalue weighted by molar-refractivity contribution is 0.0395. The van der Waals surface area contributed by atoms with Crippen molar-refractivity contribution >= 4 is 11.9 Å². The van der Waals surface area contributed by atoms with Crippen molar-refractivity contribution in [3.8, 4) is 0 Å². The van der Waals surface area contributed by atoms with Gasteiger partial charge in [-0.2, -0.15) is 0 Å². The van der Waals surface area contributed by atoms with E-state index in [0.29, 0.717) is 30.8 Å². The van der Waals surface area contributed by atoms with Gasteiger partial charge in [0.25, 0.3) is 0 Å². The fourth-order valence-corrected chi connectivity index (χ4v) is 2.46. The highest BCUT2D eigenvalue weighted by atomic mass is 16.5. The van der Waals surface area contributed by atoms with Gasteiger partial charge in [-0.3, -0.25) is 0 Å². The molecule has 6 heteroatoms. The molecule has 0 spiro atoms. The minimum atomic E-state index is -0.411. The van der Waals surface area contributed by atoms with Gasteiger partial charge in [-0.25, -0.2) is 9.59 Å². The van der Waals surface area contributed by atoms with Gasteiger partial charge in [0.05, 0.1) is 37.6 Å². The highest BCUT2D eigenvalue weighted by Crippen LogP contribution is 2.09. The second-order valence-corrected chi connectivity index (χ2v) is 5.89. The van der Waals surface area contributed by atoms with Crippen LogP contribution < -0.4 is 0 Å². The molecule has 0 fully saturated rings. The van der Waals surface area contributed by atoms with Crippen molar-refractivity contribution in [1.29, 1.82) is 0 Å². The molecule has 0 radical (unpaired) electrons. The third-order valence-corrected chi connectivity index (χ3v) is 3.70. The largest absolute Gasteiger partial charge is 0.462 e. The highest BCUT2D eigenvalue weighted by molar-refractivity contribution is 5.90. The Morgan fingerprint density at radius 3 is 1.59 bits per heavy atom. The van der Waals surface area contributed by atoms with Crippen LogP contribution >= 0.6 is 0 Å². The molecule has 0 aromatic heterocycles. The minimum Gasteiger partial charge on any atom is -0.462 e. The van der Waals surface area contributed by atoms with Crippen molar-refractivity contribution in [3.05, 3.63) is 70.8 Å². The third-order valence-electron chi connectivity index (χ3n) is 3.70. The minimum absolute atomic E-state index is 0.171. The molecule has 27 heavy (non-hydrogen) atoms. The normalized spacial score (nSPS) is 10.4. The van der Waals surface area contributed by atoms with Crippen LogP contribution in [-0.2, 0) is 32.2 Å². The summed E-state index contributed by atoms with van der Waals surface area (Å²) in [5.41, 5.74) is 2.74. The second kappa shape index (κ2) is 11.1. The Kier molecular flexibility index (Phi) is 8.48. The van der Waals surface area contributed by atoms with Gasteiger partial charge in [0.15, 0.2) is 0 Å². The molecule has 0 unspecified atom stereocenters. The number of carbonyl (C=O) groups excluding carboxylic acids is 2. The number of esters is 2. The van der Waals surface area contributed by atoms with Crippen molar-refractivity contribution < 1.29 is 28.5 Å². The van der Waals surface area contributed by atoms with Crippen LogP contribution in [0.15, 0.2) is 48.5 Å². The van der Waals surface area contributed by atoms with Crippen LogP contribution in [-0.4, -0.2) is 39.4 Å². The predicted octanol–water partition coefficient (Wildman–Crippen LogP) is 3.38. The average molecular weight is 372 g/mol. The molecule has 6 nitrogen and oxygen atoms in total. The maximum Gasteiger partial charge on any atom is 0.338 e. The second-order valence-electron chi connectivity index (χ2n) is 5.89. The van der Waals surface area contributed by atoms with Crippen LogP contribution in [0, 0.1) is 0 Å². The van der Waals surface area contributed by atoms with E-state index in [2.05, 4.69) is 0 Å². The van der Waals surface area contributed by atoms with E-state index >= 15 is 0 Å². The van der Waals surface area contributed by atoms with Gasteiger partial charge in [-0.15, -0.1) is 0 Å². The molecule has 0 aliphatic rings. The van der Waals surface area contributed by atoms with Gasteiger partial charge in [0.2, 0.25) is 0 Å². The fraction of sp³-hybridized carbons (Fsp3) is 0.333. The van der Waals surface area contributed by atoms with Crippen molar-refractivity contribution in [2.24, 2.45) is 0 Å². The molecule has 2 aromatic carbocycles. The quantitative estimate of drug-likeness (QED) is 0.470. The molecule has 0 aliphatic carbocycles. The standard InChI is InChI=1S/C21H24O6/c1-24-14-16-6-3-8-18(12-16)20(22)26-10-5-11-27-21(23)19-9-4-7-17(13-19)15-25-2/h3-4,6-9,12-13H,5,10-11,14-15H2,1-2H3. The van der Waals surface area contributed by atoms with Crippen molar-refractivity contribution in [2.45, 2.75) is 19.6 Å².